The number of nitrogens with one attached hydrogen (secondary N) is 2. The Labute approximate surface area is 164 Å². The van der Waals surface area contributed by atoms with Crippen LogP contribution < -0.4 is 10.6 Å². The summed E-state index contributed by atoms with van der Waals surface area (Å²) in [4.78, 5) is 6.26. The van der Waals surface area contributed by atoms with Crippen molar-refractivity contribution in [1.82, 2.24) is 20.4 Å². The molecule has 26 heavy (non-hydrogen) atoms. The van der Waals surface area contributed by atoms with Crippen LogP contribution in [0, 0.1) is 5.82 Å². The third-order valence-electron chi connectivity index (χ3n) is 4.67. The predicted octanol–water partition coefficient (Wildman–Crippen LogP) is 2.84. The summed E-state index contributed by atoms with van der Waals surface area (Å²) in [5.74, 6) is -0.222. The number of benzene rings is 1. The van der Waals surface area contributed by atoms with Crippen molar-refractivity contribution in [1.29, 1.82) is 0 Å². The minimum absolute atomic E-state index is 0.222. The van der Waals surface area contributed by atoms with Crippen LogP contribution in [0.2, 0.25) is 0 Å². The number of thiophene rings is 1. The number of hydrogen-bond donors (Lipinski definition) is 2. The van der Waals surface area contributed by atoms with Gasteiger partial charge in [-0.15, -0.1) is 11.3 Å². The monoisotopic (exact) mass is 392 g/mol. The van der Waals surface area contributed by atoms with Crippen LogP contribution in [0.3, 0.4) is 0 Å². The zero-order chi connectivity index (χ0) is 18.4. The van der Waals surface area contributed by atoms with Gasteiger partial charge < -0.3 is 15.5 Å². The van der Waals surface area contributed by atoms with Gasteiger partial charge in [-0.25, -0.2) is 4.39 Å². The first-order valence-electron chi connectivity index (χ1n) is 8.84. The van der Waals surface area contributed by atoms with Crippen LogP contribution in [0.5, 0.6) is 0 Å². The lowest BCUT2D eigenvalue weighted by Crippen LogP contribution is -2.49. The highest BCUT2D eigenvalue weighted by Crippen LogP contribution is 2.25. The van der Waals surface area contributed by atoms with Gasteiger partial charge in [0.25, 0.3) is 0 Å². The number of rotatable bonds is 6. The van der Waals surface area contributed by atoms with Crippen molar-refractivity contribution in [2.75, 3.05) is 39.8 Å². The molecule has 1 aromatic heterocycles. The van der Waals surface area contributed by atoms with Crippen molar-refractivity contribution >= 4 is 28.7 Å². The van der Waals surface area contributed by atoms with E-state index in [9.17, 15) is 4.39 Å². The van der Waals surface area contributed by atoms with Gasteiger partial charge in [-0.05, 0) is 48.4 Å². The summed E-state index contributed by atoms with van der Waals surface area (Å²) in [5, 5.41) is 9.32. The second kappa shape index (κ2) is 9.41. The molecule has 7 heteroatoms. The Balaban J connectivity index is 1.52. The van der Waals surface area contributed by atoms with Crippen LogP contribution in [0.15, 0.2) is 41.8 Å². The molecule has 1 aliphatic heterocycles. The first-order valence-corrected chi connectivity index (χ1v) is 10.1. The highest BCUT2D eigenvalue weighted by Gasteiger charge is 2.24. The van der Waals surface area contributed by atoms with Crippen molar-refractivity contribution in [3.8, 4) is 0 Å². The van der Waals surface area contributed by atoms with Crippen molar-refractivity contribution in [3.05, 3.63) is 58.0 Å². The molecule has 1 aromatic carbocycles. The van der Waals surface area contributed by atoms with E-state index in [2.05, 4.69) is 45.0 Å². The predicted molar refractivity (Wildman–Crippen MR) is 110 cm³/mol. The van der Waals surface area contributed by atoms with Crippen LogP contribution in [0.25, 0.3) is 0 Å². The van der Waals surface area contributed by atoms with Gasteiger partial charge in [0.15, 0.2) is 5.11 Å². The Hall–Kier alpha value is -1.54. The molecule has 3 rings (SSSR count). The maximum absolute atomic E-state index is 13.0. The third-order valence-corrected chi connectivity index (χ3v) is 5.93. The number of thiocarbonyl (C=S) groups is 1. The molecule has 1 atom stereocenters. The van der Waals surface area contributed by atoms with E-state index in [1.807, 2.05) is 0 Å². The lowest BCUT2D eigenvalue weighted by Gasteiger charge is -2.37. The van der Waals surface area contributed by atoms with Crippen molar-refractivity contribution in [2.24, 2.45) is 0 Å². The van der Waals surface area contributed by atoms with Gasteiger partial charge in [-0.3, -0.25) is 4.90 Å². The molecule has 2 aromatic rings. The molecular weight excluding hydrogens is 367 g/mol. The maximum atomic E-state index is 13.0. The molecule has 1 fully saturated rings. The molecule has 1 saturated heterocycles. The molecule has 2 N–H and O–H groups in total. The van der Waals surface area contributed by atoms with Crippen LogP contribution in [0.1, 0.15) is 16.5 Å². The van der Waals surface area contributed by atoms with E-state index in [1.54, 1.807) is 23.5 Å². The fourth-order valence-corrected chi connectivity index (χ4v) is 4.08. The molecule has 0 spiro atoms. The van der Waals surface area contributed by atoms with Crippen LogP contribution in [-0.4, -0.2) is 54.7 Å². The molecule has 140 valence electrons. The molecule has 2 heterocycles. The summed E-state index contributed by atoms with van der Waals surface area (Å²) in [6, 6.07) is 11.1. The fourth-order valence-electron chi connectivity index (χ4n) is 3.06. The average Bonchev–Trinajstić information content (AvgIpc) is 3.17. The molecule has 1 aliphatic rings. The second-order valence-corrected chi connectivity index (χ2v) is 7.95. The van der Waals surface area contributed by atoms with Gasteiger partial charge in [0.05, 0.1) is 6.04 Å². The van der Waals surface area contributed by atoms with Crippen LogP contribution in [-0.2, 0) is 6.54 Å². The molecule has 0 bridgehead atoms. The molecule has 4 nitrogen and oxygen atoms in total. The van der Waals surface area contributed by atoms with E-state index in [4.69, 9.17) is 12.2 Å². The number of likely N-dealkylation sites (N-methyl/N-ethyl adjacent to an activating group) is 1. The van der Waals surface area contributed by atoms with Gasteiger partial charge in [0.1, 0.15) is 5.82 Å². The van der Waals surface area contributed by atoms with Gasteiger partial charge in [0.2, 0.25) is 0 Å². The summed E-state index contributed by atoms with van der Waals surface area (Å²) < 4.78 is 13.0. The molecular formula is C19H25FN4S2. The number of piperazine rings is 1. The largest absolute Gasteiger partial charge is 0.361 e. The summed E-state index contributed by atoms with van der Waals surface area (Å²) in [6.07, 6.45) is 0. The quantitative estimate of drug-likeness (QED) is 0.739. The molecule has 0 unspecified atom stereocenters. The molecule has 0 saturated carbocycles. The van der Waals surface area contributed by atoms with Crippen LogP contribution >= 0.6 is 23.6 Å². The molecule has 0 aliphatic carbocycles. The second-order valence-electron chi connectivity index (χ2n) is 6.56. The zero-order valence-electron chi connectivity index (χ0n) is 15.0. The number of halogens is 1. The van der Waals surface area contributed by atoms with E-state index in [0.717, 1.165) is 38.3 Å². The third kappa shape index (κ3) is 5.48. The van der Waals surface area contributed by atoms with E-state index < -0.39 is 0 Å². The summed E-state index contributed by atoms with van der Waals surface area (Å²) in [6.45, 7) is 5.68. The summed E-state index contributed by atoms with van der Waals surface area (Å²) >= 11 is 7.22. The molecule has 0 amide bonds. The van der Waals surface area contributed by atoms with E-state index in [0.29, 0.717) is 17.7 Å². The Morgan fingerprint density at radius 2 is 1.88 bits per heavy atom. The summed E-state index contributed by atoms with van der Waals surface area (Å²) in [5.41, 5.74) is 1.00. The van der Waals surface area contributed by atoms with Gasteiger partial charge in [-0.1, -0.05) is 18.2 Å². The van der Waals surface area contributed by atoms with Gasteiger partial charge in [-0.2, -0.15) is 0 Å². The van der Waals surface area contributed by atoms with Crippen molar-refractivity contribution in [2.45, 2.75) is 12.6 Å². The standard InChI is InChI=1S/C19H25FN4S2/c1-23-8-10-24(11-9-23)17(18-3-2-12-26-18)14-22-19(25)21-13-15-4-6-16(20)7-5-15/h2-7,12,17H,8-11,13-14H2,1H3,(H2,21,22,25)/t17-/m0/s1. The minimum Gasteiger partial charge on any atom is -0.361 e. The lowest BCUT2D eigenvalue weighted by atomic mass is 10.1. The van der Waals surface area contributed by atoms with E-state index in [1.165, 1.54) is 17.0 Å². The first-order chi connectivity index (χ1) is 12.6. The minimum atomic E-state index is -0.222. The first kappa shape index (κ1) is 19.2. The van der Waals surface area contributed by atoms with Crippen molar-refractivity contribution < 1.29 is 4.39 Å². The van der Waals surface area contributed by atoms with Crippen LogP contribution in [0.4, 0.5) is 4.39 Å². The normalized spacial score (nSPS) is 17.0. The average molecular weight is 393 g/mol. The number of nitrogens with zero attached hydrogens (tertiary/aromatic N) is 2. The molecule has 0 radical (unpaired) electrons. The highest BCUT2D eigenvalue weighted by atomic mass is 32.1. The van der Waals surface area contributed by atoms with Crippen molar-refractivity contribution in [3.63, 3.8) is 0 Å². The zero-order valence-corrected chi connectivity index (χ0v) is 16.6. The number of hydrogen-bond acceptors (Lipinski definition) is 4. The SMILES string of the molecule is CN1CCN([C@@H](CNC(=S)NCc2ccc(F)cc2)c2cccs2)CC1. The summed E-state index contributed by atoms with van der Waals surface area (Å²) in [7, 11) is 2.17. The Bertz CT molecular complexity index is 682. The lowest BCUT2D eigenvalue weighted by molar-refractivity contribution is 0.114. The van der Waals surface area contributed by atoms with Gasteiger partial charge in [0, 0.05) is 44.1 Å². The fraction of sp³-hybridized carbons (Fsp3) is 0.421. The highest BCUT2D eigenvalue weighted by molar-refractivity contribution is 7.80. The van der Waals surface area contributed by atoms with Gasteiger partial charge >= 0.3 is 0 Å². The smallest absolute Gasteiger partial charge is 0.166 e. The van der Waals surface area contributed by atoms with E-state index >= 15 is 0 Å². The Morgan fingerprint density at radius 1 is 1.15 bits per heavy atom. The Kier molecular flexibility index (Phi) is 6.96. The topological polar surface area (TPSA) is 30.5 Å². The Morgan fingerprint density at radius 3 is 2.54 bits per heavy atom. The maximum Gasteiger partial charge on any atom is 0.166 e. The van der Waals surface area contributed by atoms with E-state index in [-0.39, 0.29) is 5.82 Å².